The quantitative estimate of drug-likeness (QED) is 0.137. The van der Waals surface area contributed by atoms with Crippen molar-refractivity contribution in [2.75, 3.05) is 19.8 Å². The lowest BCUT2D eigenvalue weighted by Gasteiger charge is -2.60. The summed E-state index contributed by atoms with van der Waals surface area (Å²) in [5.74, 6) is -0.582. The minimum atomic E-state index is -1.75. The van der Waals surface area contributed by atoms with Gasteiger partial charge in [-0.25, -0.2) is 0 Å². The normalized spacial score (nSPS) is 58.9. The van der Waals surface area contributed by atoms with E-state index in [1.165, 1.54) is 12.5 Å². The van der Waals surface area contributed by atoms with E-state index in [4.69, 9.17) is 37.9 Å². The van der Waals surface area contributed by atoms with Gasteiger partial charge in [-0.15, -0.1) is 0 Å². The lowest BCUT2D eigenvalue weighted by molar-refractivity contribution is -0.390. The lowest BCUT2D eigenvalue weighted by atomic mass is 9.46. The average molecular weight is 887 g/mol. The maximum Gasteiger partial charge on any atom is 0.200 e. The van der Waals surface area contributed by atoms with Gasteiger partial charge in [0.1, 0.15) is 72.7 Å². The Morgan fingerprint density at radius 3 is 2.19 bits per heavy atom. The van der Waals surface area contributed by atoms with E-state index >= 15 is 0 Å². The smallest absolute Gasteiger partial charge is 0.200 e. The number of hydrogen-bond acceptors (Lipinski definition) is 18. The first-order chi connectivity index (χ1) is 29.3. The fraction of sp³-hybridized carbons (Fsp3) is 0.955. The molecule has 5 aliphatic heterocycles. The number of ether oxygens (including phenoxy) is 8. The van der Waals surface area contributed by atoms with Crippen molar-refractivity contribution in [3.8, 4) is 0 Å². The largest absolute Gasteiger partial charge is 0.394 e. The molecule has 8 fully saturated rings. The Morgan fingerprint density at radius 2 is 1.47 bits per heavy atom. The van der Waals surface area contributed by atoms with Crippen molar-refractivity contribution in [2.24, 2.45) is 40.4 Å². The van der Waals surface area contributed by atoms with Crippen LogP contribution in [0, 0.1) is 40.4 Å². The standard InChI is InChI=1S/C44H70O18/c1-18-12-28(47)44(56-16-18)20(3)43(54)29(62-44)14-25-23-7-6-21-13-22(8-10-41(21,4)24(23)9-11-42(25,43)5)58-40-37(61-39-35(53)33(51)30(48)19(2)57-39)36(32(50)27(15-45)59-40)60-38-34(52)31(49)26(46)17-55-38/h6,18-20,22-40,45-54H,7-17H2,1-5H3/t18-,19-,20-,22-,23+,24-,25-,26+,27+,28-,29+,30-,31-,32-,33+,34+,35+,36-,37+,38-,39-,40+,41-,42-,43+,44-/m0/s1. The topological polar surface area (TPSA) is 276 Å². The number of fused-ring (bicyclic) bond motifs is 7. The molecule has 5 saturated heterocycles. The Balaban J connectivity index is 0.943. The predicted octanol–water partition coefficient (Wildman–Crippen LogP) is -1.06. The summed E-state index contributed by atoms with van der Waals surface area (Å²) in [4.78, 5) is 0. The van der Waals surface area contributed by atoms with Crippen molar-refractivity contribution in [3.05, 3.63) is 11.6 Å². The van der Waals surface area contributed by atoms with Crippen molar-refractivity contribution < 1.29 is 89.0 Å². The van der Waals surface area contributed by atoms with E-state index in [0.717, 1.165) is 25.7 Å². The summed E-state index contributed by atoms with van der Waals surface area (Å²) in [6.07, 6.45) is -14.6. The second-order valence-corrected chi connectivity index (χ2v) is 20.8. The summed E-state index contributed by atoms with van der Waals surface area (Å²) in [5, 5.41) is 109. The Kier molecular flexibility index (Phi) is 12.4. The van der Waals surface area contributed by atoms with Gasteiger partial charge in [-0.05, 0) is 87.4 Å². The summed E-state index contributed by atoms with van der Waals surface area (Å²) in [6, 6.07) is 0. The molecule has 0 aromatic carbocycles. The van der Waals surface area contributed by atoms with Crippen LogP contribution in [0.5, 0.6) is 0 Å². The van der Waals surface area contributed by atoms with Gasteiger partial charge >= 0.3 is 0 Å². The van der Waals surface area contributed by atoms with Gasteiger partial charge in [0.2, 0.25) is 0 Å². The van der Waals surface area contributed by atoms with Gasteiger partial charge in [-0.3, -0.25) is 0 Å². The summed E-state index contributed by atoms with van der Waals surface area (Å²) in [5.41, 5.74) is -0.510. The number of hydrogen-bond donors (Lipinski definition) is 10. The highest BCUT2D eigenvalue weighted by atomic mass is 16.8. The van der Waals surface area contributed by atoms with E-state index < -0.39 is 140 Å². The van der Waals surface area contributed by atoms with E-state index in [-0.39, 0.29) is 17.3 Å². The van der Waals surface area contributed by atoms with Crippen LogP contribution in [0.2, 0.25) is 0 Å². The highest BCUT2D eigenvalue weighted by molar-refractivity contribution is 5.29. The van der Waals surface area contributed by atoms with Crippen LogP contribution in [0.1, 0.15) is 86.0 Å². The zero-order valence-corrected chi connectivity index (χ0v) is 36.3. The molecule has 3 saturated carbocycles. The Labute approximate surface area is 362 Å². The van der Waals surface area contributed by atoms with E-state index in [0.29, 0.717) is 44.1 Å². The van der Waals surface area contributed by atoms with Gasteiger partial charge in [0, 0.05) is 11.3 Å². The van der Waals surface area contributed by atoms with Crippen LogP contribution >= 0.6 is 0 Å². The summed E-state index contributed by atoms with van der Waals surface area (Å²) < 4.78 is 49.5. The second kappa shape index (κ2) is 16.7. The number of rotatable bonds is 7. The van der Waals surface area contributed by atoms with Crippen LogP contribution in [0.4, 0.5) is 0 Å². The van der Waals surface area contributed by atoms with Crippen molar-refractivity contribution in [1.82, 2.24) is 0 Å². The van der Waals surface area contributed by atoms with Gasteiger partial charge in [0.05, 0.1) is 38.1 Å². The highest BCUT2D eigenvalue weighted by Crippen LogP contribution is 2.72. The minimum Gasteiger partial charge on any atom is -0.394 e. The van der Waals surface area contributed by atoms with Crippen LogP contribution in [0.15, 0.2) is 11.6 Å². The van der Waals surface area contributed by atoms with Crippen molar-refractivity contribution in [3.63, 3.8) is 0 Å². The molecule has 26 atom stereocenters. The van der Waals surface area contributed by atoms with Gasteiger partial charge < -0.3 is 89.0 Å². The summed E-state index contributed by atoms with van der Waals surface area (Å²) >= 11 is 0. The van der Waals surface area contributed by atoms with Crippen LogP contribution in [0.25, 0.3) is 0 Å². The Bertz CT molecular complexity index is 1660. The monoisotopic (exact) mass is 886 g/mol. The molecule has 5 heterocycles. The van der Waals surface area contributed by atoms with E-state index in [2.05, 4.69) is 26.8 Å². The molecule has 18 nitrogen and oxygen atoms in total. The molecule has 0 aromatic rings. The fourth-order valence-corrected chi connectivity index (χ4v) is 13.8. The SMILES string of the molecule is C[C@@H]1CO[C@@]2(O[C@@H]3C[C@H]4[C@@H]5CC=C6C[C@@H](O[C@@H]7O[C@H](CO)[C@H](O)[C@H](O[C@@H]8OC[C@@H](O)[C@H](O)[C@H]8O)[C@H]7O[C@@H]7O[C@@H](C)[C@H](O)[C@@H](O)[C@H]7O)CC[C@]6(C)[C@H]5CC[C@]4(C)[C@@]3(O)[C@@H]2C)[C@@H](O)C1. The molecule has 1 spiro atoms. The van der Waals surface area contributed by atoms with Crippen molar-refractivity contribution in [2.45, 2.75) is 202 Å². The maximum atomic E-state index is 12.8. The van der Waals surface area contributed by atoms with Gasteiger partial charge in [-0.2, -0.15) is 0 Å². The molecule has 9 aliphatic rings. The molecule has 0 bridgehead atoms. The van der Waals surface area contributed by atoms with E-state index in [1.54, 1.807) is 0 Å². The molecule has 9 rings (SSSR count). The number of aliphatic hydroxyl groups excluding tert-OH is 9. The highest BCUT2D eigenvalue weighted by Gasteiger charge is 2.77. The first-order valence-corrected chi connectivity index (χ1v) is 23.0. The third-order valence-corrected chi connectivity index (χ3v) is 17.6. The van der Waals surface area contributed by atoms with Crippen molar-refractivity contribution >= 4 is 0 Å². The van der Waals surface area contributed by atoms with Crippen LogP contribution < -0.4 is 0 Å². The molecule has 0 unspecified atom stereocenters. The molecule has 62 heavy (non-hydrogen) atoms. The van der Waals surface area contributed by atoms with Gasteiger partial charge in [0.25, 0.3) is 0 Å². The zero-order chi connectivity index (χ0) is 44.4. The van der Waals surface area contributed by atoms with E-state index in [9.17, 15) is 51.1 Å². The molecular formula is C44H70O18. The van der Waals surface area contributed by atoms with Crippen LogP contribution in [0.3, 0.4) is 0 Å². The van der Waals surface area contributed by atoms with Crippen LogP contribution in [-0.4, -0.2) is 187 Å². The molecule has 0 aromatic heterocycles. The van der Waals surface area contributed by atoms with Gasteiger partial charge in [0.15, 0.2) is 24.7 Å². The maximum absolute atomic E-state index is 12.8. The lowest BCUT2D eigenvalue weighted by Crippen LogP contribution is -2.66. The zero-order valence-electron chi connectivity index (χ0n) is 36.3. The van der Waals surface area contributed by atoms with Crippen molar-refractivity contribution in [1.29, 1.82) is 0 Å². The third-order valence-electron chi connectivity index (χ3n) is 17.6. The third kappa shape index (κ3) is 6.95. The number of allylic oxidation sites excluding steroid dienone is 1. The van der Waals surface area contributed by atoms with E-state index in [1.807, 2.05) is 6.92 Å². The molecule has 0 radical (unpaired) electrons. The first kappa shape index (κ1) is 46.1. The molecule has 10 N–H and O–H groups in total. The summed E-state index contributed by atoms with van der Waals surface area (Å²) in [7, 11) is 0. The molecule has 18 heteroatoms. The Morgan fingerprint density at radius 1 is 0.742 bits per heavy atom. The molecular weight excluding hydrogens is 816 g/mol. The first-order valence-electron chi connectivity index (χ1n) is 23.0. The van der Waals surface area contributed by atoms with Crippen LogP contribution in [-0.2, 0) is 37.9 Å². The minimum absolute atomic E-state index is 0.164. The van der Waals surface area contributed by atoms with Gasteiger partial charge in [-0.1, -0.05) is 39.3 Å². The molecule has 4 aliphatic carbocycles. The molecule has 0 amide bonds. The summed E-state index contributed by atoms with van der Waals surface area (Å²) in [6.45, 7) is 9.50. The average Bonchev–Trinajstić information content (AvgIpc) is 3.61. The molecule has 354 valence electrons. The fourth-order valence-electron chi connectivity index (χ4n) is 13.8. The predicted molar refractivity (Wildman–Crippen MR) is 211 cm³/mol. The Hall–Kier alpha value is -0.980. The second-order valence-electron chi connectivity index (χ2n) is 20.8. The number of aliphatic hydroxyl groups is 10.